The number of benzene rings is 2. The van der Waals surface area contributed by atoms with Gasteiger partial charge in [0, 0.05) is 16.9 Å². The molecule has 2 heterocycles. The van der Waals surface area contributed by atoms with E-state index in [9.17, 15) is 4.39 Å². The third-order valence-electron chi connectivity index (χ3n) is 4.61. The van der Waals surface area contributed by atoms with E-state index in [-0.39, 0.29) is 5.82 Å². The Morgan fingerprint density at radius 2 is 1.73 bits per heavy atom. The van der Waals surface area contributed by atoms with Crippen LogP contribution in [0.15, 0.2) is 66.7 Å². The summed E-state index contributed by atoms with van der Waals surface area (Å²) in [6.45, 7) is 4.16. The molecule has 0 spiro atoms. The smallest absolute Gasteiger partial charge is 0.143 e. The predicted octanol–water partition coefficient (Wildman–Crippen LogP) is 5.75. The lowest BCUT2D eigenvalue weighted by Gasteiger charge is -2.13. The number of rotatable bonds is 4. The van der Waals surface area contributed by atoms with Gasteiger partial charge in [-0.05, 0) is 49.2 Å². The van der Waals surface area contributed by atoms with Crippen LogP contribution in [-0.2, 0) is 6.42 Å². The first-order valence-electron chi connectivity index (χ1n) is 8.77. The van der Waals surface area contributed by atoms with Crippen LogP contribution in [0.5, 0.6) is 0 Å². The van der Waals surface area contributed by atoms with Gasteiger partial charge in [0.2, 0.25) is 0 Å². The number of pyridine rings is 1. The van der Waals surface area contributed by atoms with Crippen molar-refractivity contribution in [2.24, 2.45) is 0 Å². The van der Waals surface area contributed by atoms with Crippen LogP contribution in [0.2, 0.25) is 0 Å². The molecule has 0 amide bonds. The number of hydrogen-bond acceptors (Lipinski definition) is 2. The Hall–Kier alpha value is -3.14. The molecule has 4 rings (SSSR count). The fourth-order valence-electron chi connectivity index (χ4n) is 3.23. The van der Waals surface area contributed by atoms with E-state index in [2.05, 4.69) is 35.7 Å². The second-order valence-electron chi connectivity index (χ2n) is 6.29. The molecule has 0 aliphatic rings. The maximum atomic E-state index is 14.5. The van der Waals surface area contributed by atoms with Crippen LogP contribution in [-0.4, -0.2) is 9.38 Å². The summed E-state index contributed by atoms with van der Waals surface area (Å²) in [5.74, 6) is 0.513. The molecule has 26 heavy (non-hydrogen) atoms. The van der Waals surface area contributed by atoms with E-state index in [0.717, 1.165) is 34.8 Å². The van der Waals surface area contributed by atoms with Gasteiger partial charge in [-0.2, -0.15) is 0 Å². The quantitative estimate of drug-likeness (QED) is 0.510. The Bertz CT molecular complexity index is 1080. The monoisotopic (exact) mass is 345 g/mol. The Labute approximate surface area is 152 Å². The Balaban J connectivity index is 2.00. The summed E-state index contributed by atoms with van der Waals surface area (Å²) in [4.78, 5) is 4.74. The van der Waals surface area contributed by atoms with E-state index >= 15 is 0 Å². The first kappa shape index (κ1) is 16.3. The van der Waals surface area contributed by atoms with Gasteiger partial charge in [0.15, 0.2) is 0 Å². The minimum Gasteiger partial charge on any atom is -0.339 e. The van der Waals surface area contributed by atoms with Crippen molar-refractivity contribution in [1.29, 1.82) is 0 Å². The molecule has 3 nitrogen and oxygen atoms in total. The summed E-state index contributed by atoms with van der Waals surface area (Å²) in [7, 11) is 0. The highest BCUT2D eigenvalue weighted by atomic mass is 19.1. The minimum atomic E-state index is -0.276. The maximum absolute atomic E-state index is 14.5. The second kappa shape index (κ2) is 6.64. The number of hydrogen-bond donors (Lipinski definition) is 1. The number of nitrogens with one attached hydrogen (secondary N) is 1. The van der Waals surface area contributed by atoms with Gasteiger partial charge in [-0.15, -0.1) is 0 Å². The first-order valence-corrected chi connectivity index (χ1v) is 8.77. The number of para-hydroxylation sites is 1. The van der Waals surface area contributed by atoms with Crippen LogP contribution in [0.25, 0.3) is 16.9 Å². The third kappa shape index (κ3) is 2.73. The molecule has 2 aromatic carbocycles. The average Bonchev–Trinajstić information content (AvgIpc) is 3.02. The van der Waals surface area contributed by atoms with Crippen molar-refractivity contribution < 1.29 is 4.39 Å². The highest BCUT2D eigenvalue weighted by Gasteiger charge is 2.19. The van der Waals surface area contributed by atoms with E-state index < -0.39 is 0 Å². The first-order chi connectivity index (χ1) is 12.7. The molecule has 0 fully saturated rings. The predicted molar refractivity (Wildman–Crippen MR) is 104 cm³/mol. The van der Waals surface area contributed by atoms with E-state index in [1.54, 1.807) is 12.1 Å². The third-order valence-corrected chi connectivity index (χ3v) is 4.61. The zero-order valence-corrected chi connectivity index (χ0v) is 14.8. The number of nitrogens with zero attached hydrogens (tertiary/aromatic N) is 2. The minimum absolute atomic E-state index is 0.276. The highest BCUT2D eigenvalue weighted by Crippen LogP contribution is 2.34. The van der Waals surface area contributed by atoms with Gasteiger partial charge in [0.05, 0.1) is 0 Å². The van der Waals surface area contributed by atoms with Crippen molar-refractivity contribution in [3.8, 4) is 11.3 Å². The molecule has 4 heteroatoms. The zero-order chi connectivity index (χ0) is 18.1. The SMILES string of the molecule is CCc1cccc2nc(-c3ccccc3F)c(Nc3ccccc3C)n12. The summed E-state index contributed by atoms with van der Waals surface area (Å²) >= 11 is 0. The summed E-state index contributed by atoms with van der Waals surface area (Å²) in [6, 6.07) is 20.8. The molecule has 0 saturated carbocycles. The fourth-order valence-corrected chi connectivity index (χ4v) is 3.23. The molecule has 2 aromatic heterocycles. The topological polar surface area (TPSA) is 29.3 Å². The van der Waals surface area contributed by atoms with Crippen molar-refractivity contribution >= 4 is 17.2 Å². The van der Waals surface area contributed by atoms with E-state index in [1.807, 2.05) is 36.4 Å². The molecule has 130 valence electrons. The van der Waals surface area contributed by atoms with E-state index in [1.165, 1.54) is 6.07 Å². The molecule has 0 saturated heterocycles. The molecular formula is C22H20FN3. The molecule has 0 aliphatic carbocycles. The summed E-state index contributed by atoms with van der Waals surface area (Å²) in [6.07, 6.45) is 0.854. The van der Waals surface area contributed by atoms with Crippen molar-refractivity contribution in [2.75, 3.05) is 5.32 Å². The van der Waals surface area contributed by atoms with Crippen molar-refractivity contribution in [2.45, 2.75) is 20.3 Å². The van der Waals surface area contributed by atoms with Gasteiger partial charge in [0.1, 0.15) is 23.0 Å². The van der Waals surface area contributed by atoms with Crippen LogP contribution in [0.3, 0.4) is 0 Å². The molecule has 0 bridgehead atoms. The van der Waals surface area contributed by atoms with Crippen LogP contribution in [0.1, 0.15) is 18.2 Å². The molecule has 0 aliphatic heterocycles. The summed E-state index contributed by atoms with van der Waals surface area (Å²) in [5.41, 5.74) is 5.14. The summed E-state index contributed by atoms with van der Waals surface area (Å²) < 4.78 is 16.6. The van der Waals surface area contributed by atoms with Gasteiger partial charge in [0.25, 0.3) is 0 Å². The Morgan fingerprint density at radius 1 is 0.962 bits per heavy atom. The largest absolute Gasteiger partial charge is 0.339 e. The fraction of sp³-hybridized carbons (Fsp3) is 0.136. The average molecular weight is 345 g/mol. The number of fused-ring (bicyclic) bond motifs is 1. The van der Waals surface area contributed by atoms with Crippen molar-refractivity contribution in [3.05, 3.63) is 83.8 Å². The number of halogens is 1. The molecule has 0 atom stereocenters. The molecule has 1 N–H and O–H groups in total. The number of aromatic nitrogens is 2. The van der Waals surface area contributed by atoms with Gasteiger partial charge in [-0.3, -0.25) is 4.40 Å². The van der Waals surface area contributed by atoms with Gasteiger partial charge in [-0.25, -0.2) is 9.37 Å². The number of anilines is 2. The number of imidazole rings is 1. The Kier molecular flexibility index (Phi) is 4.17. The normalized spacial score (nSPS) is 11.0. The zero-order valence-electron chi connectivity index (χ0n) is 14.8. The van der Waals surface area contributed by atoms with Gasteiger partial charge in [-0.1, -0.05) is 43.3 Å². The van der Waals surface area contributed by atoms with E-state index in [4.69, 9.17) is 4.98 Å². The molecule has 4 aromatic rings. The number of aryl methyl sites for hydroxylation is 2. The lowest BCUT2D eigenvalue weighted by Crippen LogP contribution is -2.02. The lowest BCUT2D eigenvalue weighted by atomic mass is 10.1. The molecule has 0 unspecified atom stereocenters. The Morgan fingerprint density at radius 3 is 2.50 bits per heavy atom. The van der Waals surface area contributed by atoms with Crippen LogP contribution in [0.4, 0.5) is 15.9 Å². The van der Waals surface area contributed by atoms with Gasteiger partial charge < -0.3 is 5.32 Å². The second-order valence-corrected chi connectivity index (χ2v) is 6.29. The van der Waals surface area contributed by atoms with Crippen LogP contribution < -0.4 is 5.32 Å². The standard InChI is InChI=1S/C22H20FN3/c1-3-16-10-8-14-20-25-21(17-11-5-6-12-18(17)23)22(26(16)20)24-19-13-7-4-9-15(19)2/h4-14,24H,3H2,1-2H3. The van der Waals surface area contributed by atoms with E-state index in [0.29, 0.717) is 11.3 Å². The maximum Gasteiger partial charge on any atom is 0.143 e. The van der Waals surface area contributed by atoms with Crippen molar-refractivity contribution in [3.63, 3.8) is 0 Å². The van der Waals surface area contributed by atoms with Crippen LogP contribution >= 0.6 is 0 Å². The highest BCUT2D eigenvalue weighted by molar-refractivity contribution is 5.80. The van der Waals surface area contributed by atoms with Crippen LogP contribution in [0, 0.1) is 12.7 Å². The van der Waals surface area contributed by atoms with Crippen molar-refractivity contribution in [1.82, 2.24) is 9.38 Å². The van der Waals surface area contributed by atoms with Gasteiger partial charge >= 0.3 is 0 Å². The lowest BCUT2D eigenvalue weighted by molar-refractivity contribution is 0.631. The molecular weight excluding hydrogens is 325 g/mol. The molecule has 0 radical (unpaired) electrons. The summed E-state index contributed by atoms with van der Waals surface area (Å²) in [5, 5.41) is 3.50.